The topological polar surface area (TPSA) is 58.2 Å². The lowest BCUT2D eigenvalue weighted by molar-refractivity contribution is -0.119. The maximum atomic E-state index is 11.9. The fourth-order valence-corrected chi connectivity index (χ4v) is 2.84. The molecule has 2 rings (SSSR count). The largest absolute Gasteiger partial charge is 0.272 e. The highest BCUT2D eigenvalue weighted by Crippen LogP contribution is 2.25. The third-order valence-electron chi connectivity index (χ3n) is 3.72. The normalized spacial score (nSPS) is 11.0. The van der Waals surface area contributed by atoms with Crippen molar-refractivity contribution in [2.24, 2.45) is 0 Å². The molecule has 0 fully saturated rings. The number of nitrogens with one attached hydrogen (secondary N) is 2. The van der Waals surface area contributed by atoms with Gasteiger partial charge in [-0.1, -0.05) is 50.6 Å². The predicted molar refractivity (Wildman–Crippen MR) is 103 cm³/mol. The van der Waals surface area contributed by atoms with Crippen molar-refractivity contribution in [3.63, 3.8) is 0 Å². The lowest BCUT2D eigenvalue weighted by atomic mass is 9.87. The number of carbonyl (C=O) groups is 2. The number of amides is 2. The second-order valence-corrected chi connectivity index (χ2v) is 7.98. The summed E-state index contributed by atoms with van der Waals surface area (Å²) in [5.74, 6) is -0.332. The van der Waals surface area contributed by atoms with Gasteiger partial charge in [-0.15, -0.1) is 11.8 Å². The summed E-state index contributed by atoms with van der Waals surface area (Å²) in [6.45, 7) is 8.45. The van der Waals surface area contributed by atoms with E-state index in [4.69, 9.17) is 0 Å². The third kappa shape index (κ3) is 5.94. The summed E-state index contributed by atoms with van der Waals surface area (Å²) < 4.78 is 0. The van der Waals surface area contributed by atoms with E-state index in [1.165, 1.54) is 17.3 Å². The van der Waals surface area contributed by atoms with Crippen molar-refractivity contribution in [2.45, 2.75) is 38.0 Å². The van der Waals surface area contributed by atoms with Crippen molar-refractivity contribution in [3.05, 3.63) is 65.2 Å². The van der Waals surface area contributed by atoms with E-state index in [0.717, 1.165) is 10.5 Å². The maximum Gasteiger partial charge on any atom is 0.269 e. The zero-order chi connectivity index (χ0) is 18.4. The Morgan fingerprint density at radius 2 is 1.52 bits per heavy atom. The van der Waals surface area contributed by atoms with E-state index in [1.54, 1.807) is 12.1 Å². The first-order valence-corrected chi connectivity index (χ1v) is 9.13. The number of carbonyl (C=O) groups excluding carboxylic acids is 2. The minimum absolute atomic E-state index is 0.112. The zero-order valence-corrected chi connectivity index (χ0v) is 15.9. The molecule has 0 aliphatic rings. The molecule has 0 saturated heterocycles. The molecule has 0 atom stereocenters. The SMILES string of the molecule is Cc1ccc(C(=O)NNC(=O)CSc2ccc(C(C)(C)C)cc2)cc1. The van der Waals surface area contributed by atoms with Crippen LogP contribution in [0.3, 0.4) is 0 Å². The van der Waals surface area contributed by atoms with Crippen molar-refractivity contribution >= 4 is 23.6 Å². The Bertz CT molecular complexity index is 732. The van der Waals surface area contributed by atoms with Crippen molar-refractivity contribution in [1.82, 2.24) is 10.9 Å². The summed E-state index contributed by atoms with van der Waals surface area (Å²) in [7, 11) is 0. The van der Waals surface area contributed by atoms with Crippen LogP contribution >= 0.6 is 11.8 Å². The lowest BCUT2D eigenvalue weighted by Gasteiger charge is -2.19. The number of thioether (sulfide) groups is 1. The molecular formula is C20H24N2O2S. The van der Waals surface area contributed by atoms with Crippen LogP contribution in [0.2, 0.25) is 0 Å². The second-order valence-electron chi connectivity index (χ2n) is 6.93. The van der Waals surface area contributed by atoms with Gasteiger partial charge in [-0.3, -0.25) is 20.4 Å². The first-order valence-electron chi connectivity index (χ1n) is 8.15. The summed E-state index contributed by atoms with van der Waals surface area (Å²) in [5.41, 5.74) is 7.83. The molecule has 5 heteroatoms. The van der Waals surface area contributed by atoms with Gasteiger partial charge in [-0.2, -0.15) is 0 Å². The van der Waals surface area contributed by atoms with Gasteiger partial charge in [0.15, 0.2) is 0 Å². The quantitative estimate of drug-likeness (QED) is 0.646. The maximum absolute atomic E-state index is 11.9. The molecule has 0 aliphatic heterocycles. The fraction of sp³-hybridized carbons (Fsp3) is 0.300. The number of hydrogen-bond donors (Lipinski definition) is 2. The van der Waals surface area contributed by atoms with Gasteiger partial charge in [-0.05, 0) is 42.2 Å². The number of hydrazine groups is 1. The van der Waals surface area contributed by atoms with Crippen molar-refractivity contribution in [1.29, 1.82) is 0 Å². The highest BCUT2D eigenvalue weighted by atomic mass is 32.2. The van der Waals surface area contributed by atoms with Crippen LogP contribution in [0.1, 0.15) is 42.3 Å². The average molecular weight is 356 g/mol. The minimum Gasteiger partial charge on any atom is -0.272 e. The van der Waals surface area contributed by atoms with Gasteiger partial charge in [0.05, 0.1) is 5.75 Å². The van der Waals surface area contributed by atoms with Gasteiger partial charge in [-0.25, -0.2) is 0 Å². The zero-order valence-electron chi connectivity index (χ0n) is 15.1. The van der Waals surface area contributed by atoms with E-state index in [0.29, 0.717) is 5.56 Å². The Kier molecular flexibility index (Phi) is 6.26. The second kappa shape index (κ2) is 8.21. The molecule has 2 aromatic carbocycles. The van der Waals surface area contributed by atoms with E-state index in [9.17, 15) is 9.59 Å². The molecule has 0 aromatic heterocycles. The molecule has 132 valence electrons. The van der Waals surface area contributed by atoms with Crippen LogP contribution < -0.4 is 10.9 Å². The van der Waals surface area contributed by atoms with E-state index < -0.39 is 0 Å². The van der Waals surface area contributed by atoms with Gasteiger partial charge in [0.1, 0.15) is 0 Å². The average Bonchev–Trinajstić information content (AvgIpc) is 2.58. The lowest BCUT2D eigenvalue weighted by Crippen LogP contribution is -2.42. The molecule has 0 saturated carbocycles. The van der Waals surface area contributed by atoms with Crippen LogP contribution in [0.5, 0.6) is 0 Å². The predicted octanol–water partition coefficient (Wildman–Crippen LogP) is 3.85. The summed E-state index contributed by atoms with van der Waals surface area (Å²) in [6.07, 6.45) is 0. The highest BCUT2D eigenvalue weighted by molar-refractivity contribution is 8.00. The molecule has 0 unspecified atom stereocenters. The first kappa shape index (κ1) is 19.1. The summed E-state index contributed by atoms with van der Waals surface area (Å²) >= 11 is 1.43. The van der Waals surface area contributed by atoms with Crippen LogP contribution in [0.25, 0.3) is 0 Å². The first-order chi connectivity index (χ1) is 11.8. The number of benzene rings is 2. The molecule has 2 aromatic rings. The molecule has 25 heavy (non-hydrogen) atoms. The molecule has 2 N–H and O–H groups in total. The van der Waals surface area contributed by atoms with Gasteiger partial charge < -0.3 is 0 Å². The molecule has 4 nitrogen and oxygen atoms in total. The Morgan fingerprint density at radius 1 is 0.920 bits per heavy atom. The van der Waals surface area contributed by atoms with Gasteiger partial charge in [0.25, 0.3) is 5.91 Å². The monoisotopic (exact) mass is 356 g/mol. The van der Waals surface area contributed by atoms with Crippen LogP contribution in [0.15, 0.2) is 53.4 Å². The van der Waals surface area contributed by atoms with Crippen LogP contribution in [0, 0.1) is 6.92 Å². The Balaban J connectivity index is 1.79. The molecule has 0 spiro atoms. The summed E-state index contributed by atoms with van der Waals surface area (Å²) in [5, 5.41) is 0. The van der Waals surface area contributed by atoms with Crippen LogP contribution in [0.4, 0.5) is 0 Å². The van der Waals surface area contributed by atoms with Crippen molar-refractivity contribution < 1.29 is 9.59 Å². The van der Waals surface area contributed by atoms with Crippen molar-refractivity contribution in [3.8, 4) is 0 Å². The van der Waals surface area contributed by atoms with Gasteiger partial charge >= 0.3 is 0 Å². The smallest absolute Gasteiger partial charge is 0.269 e. The van der Waals surface area contributed by atoms with Crippen LogP contribution in [-0.4, -0.2) is 17.6 Å². The molecule has 2 amide bonds. The summed E-state index contributed by atoms with van der Waals surface area (Å²) in [6, 6.07) is 15.4. The number of hydrogen-bond acceptors (Lipinski definition) is 3. The highest BCUT2D eigenvalue weighted by Gasteiger charge is 2.13. The van der Waals surface area contributed by atoms with Gasteiger partial charge in [0, 0.05) is 10.5 Å². The van der Waals surface area contributed by atoms with Crippen LogP contribution in [-0.2, 0) is 10.2 Å². The molecule has 0 aliphatic carbocycles. The molecular weight excluding hydrogens is 332 g/mol. The van der Waals surface area contributed by atoms with Crippen molar-refractivity contribution in [2.75, 3.05) is 5.75 Å². The van der Waals surface area contributed by atoms with E-state index in [-0.39, 0.29) is 23.0 Å². The minimum atomic E-state index is -0.326. The Morgan fingerprint density at radius 3 is 2.08 bits per heavy atom. The number of aryl methyl sites for hydroxylation is 1. The third-order valence-corrected chi connectivity index (χ3v) is 4.73. The Hall–Kier alpha value is -2.27. The van der Waals surface area contributed by atoms with Gasteiger partial charge in [0.2, 0.25) is 5.91 Å². The van der Waals surface area contributed by atoms with E-state index >= 15 is 0 Å². The summed E-state index contributed by atoms with van der Waals surface area (Å²) in [4.78, 5) is 24.8. The molecule has 0 radical (unpaired) electrons. The number of rotatable bonds is 4. The van der Waals surface area contributed by atoms with E-state index in [2.05, 4.69) is 43.8 Å². The Labute approximate surface area is 153 Å². The standard InChI is InChI=1S/C20H24N2O2S/c1-14-5-7-15(8-6-14)19(24)22-21-18(23)13-25-17-11-9-16(10-12-17)20(2,3)4/h5-12H,13H2,1-4H3,(H,21,23)(H,22,24). The molecule has 0 heterocycles. The molecule has 0 bridgehead atoms. The fourth-order valence-electron chi connectivity index (χ4n) is 2.14. The van der Waals surface area contributed by atoms with E-state index in [1.807, 2.05) is 31.2 Å².